The first-order chi connectivity index (χ1) is 11.3. The van der Waals surface area contributed by atoms with Crippen LogP contribution in [0.4, 0.5) is 5.00 Å². The molecule has 10 heteroatoms. The molecule has 1 unspecified atom stereocenters. The van der Waals surface area contributed by atoms with Crippen molar-refractivity contribution in [2.45, 2.75) is 18.3 Å². The number of hydrogen-bond acceptors (Lipinski definition) is 6. The number of anilines is 1. The van der Waals surface area contributed by atoms with E-state index in [1.807, 2.05) is 0 Å². The summed E-state index contributed by atoms with van der Waals surface area (Å²) < 4.78 is 0. The van der Waals surface area contributed by atoms with E-state index in [1.165, 1.54) is 28.1 Å². The maximum atomic E-state index is 12.5. The van der Waals surface area contributed by atoms with E-state index in [1.54, 1.807) is 17.5 Å². The molecule has 3 rings (SSSR count). The minimum absolute atomic E-state index is 0.154. The van der Waals surface area contributed by atoms with E-state index >= 15 is 0 Å². The molecular formula is C14H14N2O6S2. The van der Waals surface area contributed by atoms with E-state index in [4.69, 9.17) is 0 Å². The average molecular weight is 370 g/mol. The number of amides is 2. The molecule has 1 aromatic heterocycles. The van der Waals surface area contributed by atoms with Gasteiger partial charge in [-0.15, -0.1) is 23.1 Å². The highest BCUT2D eigenvalue weighted by molar-refractivity contribution is 8.00. The maximum absolute atomic E-state index is 12.5. The Morgan fingerprint density at radius 2 is 2.00 bits per heavy atom. The summed E-state index contributed by atoms with van der Waals surface area (Å²) in [6.45, 7) is 0.975. The number of β-lactam (4-membered cyclic amide) rings is 1. The van der Waals surface area contributed by atoms with Crippen molar-refractivity contribution in [2.24, 2.45) is 5.41 Å². The van der Waals surface area contributed by atoms with Crippen molar-refractivity contribution in [3.8, 4) is 0 Å². The van der Waals surface area contributed by atoms with E-state index in [0.717, 1.165) is 11.8 Å². The molecule has 128 valence electrons. The summed E-state index contributed by atoms with van der Waals surface area (Å²) in [5.41, 5.74) is -2.01. The third-order valence-electron chi connectivity index (χ3n) is 4.23. The largest absolute Gasteiger partial charge is 0.480 e. The van der Waals surface area contributed by atoms with Crippen molar-refractivity contribution in [3.63, 3.8) is 0 Å². The number of nitrogens with zero attached hydrogens (tertiary/aromatic N) is 2. The van der Waals surface area contributed by atoms with Gasteiger partial charge >= 0.3 is 11.9 Å². The first kappa shape index (κ1) is 16.8. The number of carbonyl (C=O) groups excluding carboxylic acids is 2. The third-order valence-corrected chi connectivity index (χ3v) is 6.61. The van der Waals surface area contributed by atoms with Crippen LogP contribution in [0.1, 0.15) is 6.92 Å². The average Bonchev–Trinajstić information content (AvgIpc) is 3.04. The summed E-state index contributed by atoms with van der Waals surface area (Å²) in [6.07, 6.45) is 0. The number of carboxylic acid groups (broad SMARTS) is 2. The Bertz CT molecular complexity index is 705. The van der Waals surface area contributed by atoms with Gasteiger partial charge < -0.3 is 15.1 Å². The van der Waals surface area contributed by atoms with Crippen LogP contribution >= 0.6 is 23.1 Å². The zero-order chi connectivity index (χ0) is 17.6. The molecule has 0 bridgehead atoms. The Balaban J connectivity index is 1.86. The van der Waals surface area contributed by atoms with Crippen LogP contribution in [0.3, 0.4) is 0 Å². The van der Waals surface area contributed by atoms with Crippen LogP contribution in [0.15, 0.2) is 17.5 Å². The fraction of sp³-hybridized carbons (Fsp3) is 0.429. The van der Waals surface area contributed by atoms with Crippen LogP contribution in [0.5, 0.6) is 0 Å². The molecule has 2 saturated heterocycles. The molecule has 0 radical (unpaired) electrons. The molecule has 2 N–H and O–H groups in total. The number of thiophene rings is 1. The summed E-state index contributed by atoms with van der Waals surface area (Å²) >= 11 is 2.41. The number of rotatable bonds is 4. The molecule has 0 spiro atoms. The van der Waals surface area contributed by atoms with Gasteiger partial charge in [-0.05, 0) is 17.5 Å². The zero-order valence-electron chi connectivity index (χ0n) is 12.5. The molecule has 2 amide bonds. The van der Waals surface area contributed by atoms with Crippen molar-refractivity contribution < 1.29 is 29.4 Å². The molecule has 0 aliphatic carbocycles. The maximum Gasteiger partial charge on any atom is 0.323 e. The molecule has 2 aliphatic heterocycles. The number of aliphatic carboxylic acids is 2. The van der Waals surface area contributed by atoms with Gasteiger partial charge in [0, 0.05) is 19.2 Å². The summed E-state index contributed by atoms with van der Waals surface area (Å²) in [6, 6.07) is 2.77. The quantitative estimate of drug-likeness (QED) is 0.587. The summed E-state index contributed by atoms with van der Waals surface area (Å²) in [4.78, 5) is 50.0. The molecule has 1 aromatic rings. The number of thioether (sulfide) groups is 1. The van der Waals surface area contributed by atoms with E-state index in [-0.39, 0.29) is 18.2 Å². The fourth-order valence-corrected chi connectivity index (χ4v) is 5.28. The summed E-state index contributed by atoms with van der Waals surface area (Å²) in [5, 5.41) is 20.6. The summed E-state index contributed by atoms with van der Waals surface area (Å²) in [5.74, 6) is -3.79. The van der Waals surface area contributed by atoms with Crippen LogP contribution in [0.2, 0.25) is 0 Å². The van der Waals surface area contributed by atoms with Gasteiger partial charge in [0.2, 0.25) is 11.8 Å². The van der Waals surface area contributed by atoms with Crippen LogP contribution < -0.4 is 4.90 Å². The zero-order valence-corrected chi connectivity index (χ0v) is 14.2. The van der Waals surface area contributed by atoms with Crippen molar-refractivity contribution in [3.05, 3.63) is 17.5 Å². The predicted octanol–water partition coefficient (Wildman–Crippen LogP) is 0.540. The normalized spacial score (nSPS) is 24.7. The van der Waals surface area contributed by atoms with E-state index in [9.17, 15) is 29.4 Å². The number of hydrogen-bond donors (Lipinski definition) is 2. The van der Waals surface area contributed by atoms with Crippen molar-refractivity contribution >= 4 is 51.9 Å². The lowest BCUT2D eigenvalue weighted by atomic mass is 9.87. The van der Waals surface area contributed by atoms with Crippen LogP contribution in [0.25, 0.3) is 0 Å². The van der Waals surface area contributed by atoms with Gasteiger partial charge in [-0.1, -0.05) is 0 Å². The van der Waals surface area contributed by atoms with Gasteiger partial charge in [-0.3, -0.25) is 24.1 Å². The second-order valence-corrected chi connectivity index (χ2v) is 7.68. The highest BCUT2D eigenvalue weighted by atomic mass is 32.2. The Morgan fingerprint density at radius 3 is 2.50 bits per heavy atom. The lowest BCUT2D eigenvalue weighted by Gasteiger charge is -2.55. The topological polar surface area (TPSA) is 115 Å². The second kappa shape index (κ2) is 5.78. The number of carbonyl (C=O) groups is 4. The van der Waals surface area contributed by atoms with Crippen molar-refractivity contribution in [1.82, 2.24) is 4.90 Å². The first-order valence-electron chi connectivity index (χ1n) is 7.02. The lowest BCUT2D eigenvalue weighted by Crippen LogP contribution is -2.75. The molecule has 3 heterocycles. The SMILES string of the molecule is CC(=O)N(c1cccs1)C1C(=O)N2CC(C(=O)O)(C(=O)O)CS[C@H]12. The fourth-order valence-electron chi connectivity index (χ4n) is 2.90. The molecule has 0 aromatic carbocycles. The van der Waals surface area contributed by atoms with Gasteiger partial charge in [0.15, 0.2) is 5.41 Å². The van der Waals surface area contributed by atoms with E-state index in [2.05, 4.69) is 0 Å². The standard InChI is InChI=1S/C14H14N2O6S2/c1-7(17)16(8-3-2-4-23-8)9-10(18)15-5-14(12(19)20,13(21)22)6-24-11(9)15/h2-4,9,11H,5-6H2,1H3,(H,19,20)(H,21,22)/t9?,11-/m1/s1. The lowest BCUT2D eigenvalue weighted by molar-refractivity contribution is -0.169. The van der Waals surface area contributed by atoms with Crippen LogP contribution in [-0.2, 0) is 19.2 Å². The first-order valence-corrected chi connectivity index (χ1v) is 8.94. The molecule has 2 fully saturated rings. The van der Waals surface area contributed by atoms with Gasteiger partial charge in [0.1, 0.15) is 11.4 Å². The number of fused-ring (bicyclic) bond motifs is 1. The Morgan fingerprint density at radius 1 is 1.33 bits per heavy atom. The van der Waals surface area contributed by atoms with Gasteiger partial charge in [-0.2, -0.15) is 0 Å². The Labute approximate surface area is 145 Å². The Kier molecular flexibility index (Phi) is 4.04. The molecule has 8 nitrogen and oxygen atoms in total. The third kappa shape index (κ3) is 2.28. The summed E-state index contributed by atoms with van der Waals surface area (Å²) in [7, 11) is 0. The minimum Gasteiger partial charge on any atom is -0.480 e. The van der Waals surface area contributed by atoms with Crippen LogP contribution in [0, 0.1) is 5.41 Å². The number of carboxylic acids is 2. The highest BCUT2D eigenvalue weighted by Gasteiger charge is 2.62. The smallest absolute Gasteiger partial charge is 0.323 e. The predicted molar refractivity (Wildman–Crippen MR) is 86.9 cm³/mol. The van der Waals surface area contributed by atoms with Crippen LogP contribution in [-0.4, -0.2) is 62.6 Å². The van der Waals surface area contributed by atoms with Crippen molar-refractivity contribution in [1.29, 1.82) is 0 Å². The molecule has 0 saturated carbocycles. The van der Waals surface area contributed by atoms with E-state index < -0.39 is 34.7 Å². The van der Waals surface area contributed by atoms with Crippen molar-refractivity contribution in [2.75, 3.05) is 17.2 Å². The van der Waals surface area contributed by atoms with Gasteiger partial charge in [-0.25, -0.2) is 0 Å². The Hall–Kier alpha value is -2.07. The highest BCUT2D eigenvalue weighted by Crippen LogP contribution is 2.45. The van der Waals surface area contributed by atoms with E-state index in [0.29, 0.717) is 5.00 Å². The molecular weight excluding hydrogens is 356 g/mol. The molecule has 24 heavy (non-hydrogen) atoms. The molecule has 2 atom stereocenters. The monoisotopic (exact) mass is 370 g/mol. The second-order valence-electron chi connectivity index (χ2n) is 5.65. The van der Waals surface area contributed by atoms with Gasteiger partial charge in [0.25, 0.3) is 0 Å². The molecule has 2 aliphatic rings. The van der Waals surface area contributed by atoms with Gasteiger partial charge in [0.05, 0.1) is 5.00 Å². The minimum atomic E-state index is -2.01.